The summed E-state index contributed by atoms with van der Waals surface area (Å²) >= 11 is 0. The molecule has 1 aromatic heterocycles. The predicted octanol–water partition coefficient (Wildman–Crippen LogP) is 6.53. The number of hydrogen-bond acceptors (Lipinski definition) is 2. The van der Waals surface area contributed by atoms with E-state index in [4.69, 9.17) is 0 Å². The smallest absolute Gasteiger partial charge is 0.382 e. The van der Waals surface area contributed by atoms with Gasteiger partial charge in [-0.2, -0.15) is 13.2 Å². The van der Waals surface area contributed by atoms with Gasteiger partial charge in [0.25, 0.3) is 0 Å². The second-order valence-corrected chi connectivity index (χ2v) is 9.30. The molecule has 0 radical (unpaired) electrons. The summed E-state index contributed by atoms with van der Waals surface area (Å²) in [5.74, 6) is 1.33. The van der Waals surface area contributed by atoms with Crippen molar-refractivity contribution in [2.45, 2.75) is 52.4 Å². The van der Waals surface area contributed by atoms with Crippen LogP contribution in [0.2, 0.25) is 0 Å². The number of benzene rings is 2. The van der Waals surface area contributed by atoms with Crippen molar-refractivity contribution in [1.29, 1.82) is 0 Å². The van der Waals surface area contributed by atoms with Gasteiger partial charge in [0.1, 0.15) is 6.54 Å². The minimum atomic E-state index is -4.32. The first-order valence-corrected chi connectivity index (χ1v) is 12.2. The molecule has 0 atom stereocenters. The third-order valence-corrected chi connectivity index (χ3v) is 6.73. The van der Waals surface area contributed by atoms with E-state index in [1.165, 1.54) is 4.57 Å². The zero-order valence-corrected chi connectivity index (χ0v) is 18.9. The van der Waals surface area contributed by atoms with Crippen LogP contribution in [0, 0.1) is 6.92 Å². The number of halogens is 3. The SMILES string of the molecule is CC.Cc1cccc(-c2cc3c(NC4CCS(=O)CC4)cccc3n2CC(F)(F)F)c1. The van der Waals surface area contributed by atoms with Gasteiger partial charge in [-0.3, -0.25) is 4.21 Å². The van der Waals surface area contributed by atoms with Gasteiger partial charge in [-0.25, -0.2) is 0 Å². The topological polar surface area (TPSA) is 34.0 Å². The molecule has 0 unspecified atom stereocenters. The van der Waals surface area contributed by atoms with Gasteiger partial charge in [-0.1, -0.05) is 43.7 Å². The van der Waals surface area contributed by atoms with Gasteiger partial charge in [-0.05, 0) is 49.6 Å². The van der Waals surface area contributed by atoms with E-state index in [0.717, 1.165) is 35.0 Å². The molecule has 4 rings (SSSR count). The van der Waals surface area contributed by atoms with E-state index >= 15 is 0 Å². The average molecular weight is 451 g/mol. The predicted molar refractivity (Wildman–Crippen MR) is 124 cm³/mol. The number of aryl methyl sites for hydroxylation is 1. The Hall–Kier alpha value is -2.28. The molecule has 1 aliphatic heterocycles. The Bertz CT molecular complexity index is 1050. The molecule has 0 saturated carbocycles. The van der Waals surface area contributed by atoms with Crippen molar-refractivity contribution in [3.05, 3.63) is 54.1 Å². The normalized spacial score (nSPS) is 19.0. The van der Waals surface area contributed by atoms with Crippen molar-refractivity contribution in [3.63, 3.8) is 0 Å². The summed E-state index contributed by atoms with van der Waals surface area (Å²) in [6.07, 6.45) is -2.71. The van der Waals surface area contributed by atoms with Crippen LogP contribution in [0.4, 0.5) is 18.9 Å². The van der Waals surface area contributed by atoms with Crippen LogP contribution in [-0.4, -0.2) is 32.5 Å². The highest BCUT2D eigenvalue weighted by atomic mass is 32.2. The van der Waals surface area contributed by atoms with Crippen molar-refractivity contribution in [2.75, 3.05) is 16.8 Å². The largest absolute Gasteiger partial charge is 0.406 e. The highest BCUT2D eigenvalue weighted by Crippen LogP contribution is 2.35. The number of alkyl halides is 3. The maximum absolute atomic E-state index is 13.4. The van der Waals surface area contributed by atoms with E-state index in [1.807, 2.05) is 57.2 Å². The van der Waals surface area contributed by atoms with Crippen LogP contribution in [-0.2, 0) is 17.3 Å². The maximum Gasteiger partial charge on any atom is 0.406 e. The van der Waals surface area contributed by atoms with E-state index in [2.05, 4.69) is 5.32 Å². The summed E-state index contributed by atoms with van der Waals surface area (Å²) in [5, 5.41) is 4.26. The Balaban J connectivity index is 0.00000132. The van der Waals surface area contributed by atoms with Gasteiger partial charge in [0.15, 0.2) is 0 Å². The molecule has 1 fully saturated rings. The van der Waals surface area contributed by atoms with Gasteiger partial charge in [0.05, 0.1) is 5.52 Å². The Morgan fingerprint density at radius 3 is 2.39 bits per heavy atom. The second kappa shape index (κ2) is 9.90. The highest BCUT2D eigenvalue weighted by Gasteiger charge is 2.30. The standard InChI is InChI=1S/C22H23F3N2OS.C2H6/c1-15-4-2-5-16(12-15)21-13-18-19(26-17-8-10-29(28)11-9-17)6-3-7-20(18)27(21)14-22(23,24)25;1-2/h2-7,12-13,17,26H,8-11,14H2,1H3;1-2H3. The zero-order chi connectivity index (χ0) is 22.6. The lowest BCUT2D eigenvalue weighted by Crippen LogP contribution is -2.29. The average Bonchev–Trinajstić information content (AvgIpc) is 3.09. The van der Waals surface area contributed by atoms with E-state index < -0.39 is 23.5 Å². The molecule has 2 heterocycles. The molecule has 1 saturated heterocycles. The Labute approximate surface area is 184 Å². The fourth-order valence-corrected chi connectivity index (χ4v) is 5.26. The Morgan fingerprint density at radius 1 is 1.06 bits per heavy atom. The molecule has 7 heteroatoms. The lowest BCUT2D eigenvalue weighted by Gasteiger charge is -2.24. The first-order valence-electron chi connectivity index (χ1n) is 10.7. The minimum absolute atomic E-state index is 0.187. The van der Waals surface area contributed by atoms with Gasteiger partial charge in [-0.15, -0.1) is 0 Å². The van der Waals surface area contributed by atoms with Crippen molar-refractivity contribution >= 4 is 27.4 Å². The number of nitrogens with one attached hydrogen (secondary N) is 1. The maximum atomic E-state index is 13.4. The molecule has 0 spiro atoms. The van der Waals surface area contributed by atoms with E-state index in [-0.39, 0.29) is 6.04 Å². The first kappa shape index (κ1) is 23.4. The fraction of sp³-hybridized carbons (Fsp3) is 0.417. The van der Waals surface area contributed by atoms with Crippen LogP contribution < -0.4 is 5.32 Å². The van der Waals surface area contributed by atoms with Crippen LogP contribution in [0.1, 0.15) is 32.3 Å². The molecule has 0 bridgehead atoms. The van der Waals surface area contributed by atoms with Crippen molar-refractivity contribution < 1.29 is 17.4 Å². The molecule has 0 amide bonds. The quantitative estimate of drug-likeness (QED) is 0.490. The highest BCUT2D eigenvalue weighted by molar-refractivity contribution is 7.85. The molecule has 1 N–H and O–H groups in total. The third-order valence-electron chi connectivity index (χ3n) is 5.34. The zero-order valence-electron chi connectivity index (χ0n) is 18.1. The summed E-state index contributed by atoms with van der Waals surface area (Å²) < 4.78 is 53.1. The number of fused-ring (bicyclic) bond motifs is 1. The number of hydrogen-bond donors (Lipinski definition) is 1. The molecule has 3 aromatic rings. The van der Waals surface area contributed by atoms with Crippen LogP contribution >= 0.6 is 0 Å². The third kappa shape index (κ3) is 5.70. The number of nitrogens with zero attached hydrogens (tertiary/aromatic N) is 1. The van der Waals surface area contributed by atoms with E-state index in [9.17, 15) is 17.4 Å². The summed E-state index contributed by atoms with van der Waals surface area (Å²) in [7, 11) is -0.753. The van der Waals surface area contributed by atoms with Crippen molar-refractivity contribution in [1.82, 2.24) is 4.57 Å². The Kier molecular flexibility index (Phi) is 7.46. The second-order valence-electron chi connectivity index (χ2n) is 7.61. The van der Waals surface area contributed by atoms with Crippen LogP contribution in [0.25, 0.3) is 22.2 Å². The molecule has 1 aliphatic rings. The monoisotopic (exact) mass is 450 g/mol. The molecule has 0 aliphatic carbocycles. The first-order chi connectivity index (χ1) is 14.8. The van der Waals surface area contributed by atoms with Gasteiger partial charge >= 0.3 is 6.18 Å². The number of aromatic nitrogens is 1. The molecule has 2 aromatic carbocycles. The van der Waals surface area contributed by atoms with Crippen LogP contribution in [0.3, 0.4) is 0 Å². The minimum Gasteiger partial charge on any atom is -0.382 e. The number of rotatable bonds is 4. The van der Waals surface area contributed by atoms with Crippen LogP contribution in [0.5, 0.6) is 0 Å². The molecule has 31 heavy (non-hydrogen) atoms. The summed E-state index contributed by atoms with van der Waals surface area (Å²) in [6.45, 7) is 4.89. The summed E-state index contributed by atoms with van der Waals surface area (Å²) in [4.78, 5) is 0. The van der Waals surface area contributed by atoms with Gasteiger partial charge < -0.3 is 9.88 Å². The fourth-order valence-electron chi connectivity index (χ4n) is 3.96. The molecule has 3 nitrogen and oxygen atoms in total. The van der Waals surface area contributed by atoms with Crippen LogP contribution in [0.15, 0.2) is 48.5 Å². The Morgan fingerprint density at radius 2 is 1.74 bits per heavy atom. The van der Waals surface area contributed by atoms with Crippen molar-refractivity contribution in [2.24, 2.45) is 0 Å². The summed E-state index contributed by atoms with van der Waals surface area (Å²) in [6, 6.07) is 15.0. The number of anilines is 1. The molecule has 168 valence electrons. The van der Waals surface area contributed by atoms with Gasteiger partial charge in [0.2, 0.25) is 0 Å². The lowest BCUT2D eigenvalue weighted by molar-refractivity contribution is -0.139. The van der Waals surface area contributed by atoms with Gasteiger partial charge in [0, 0.05) is 45.1 Å². The van der Waals surface area contributed by atoms with E-state index in [1.54, 1.807) is 12.1 Å². The van der Waals surface area contributed by atoms with Crippen molar-refractivity contribution in [3.8, 4) is 11.3 Å². The lowest BCUT2D eigenvalue weighted by atomic mass is 10.1. The molecular formula is C24H29F3N2OS. The summed E-state index contributed by atoms with van der Waals surface area (Å²) in [5.41, 5.74) is 3.71. The van der Waals surface area contributed by atoms with E-state index in [0.29, 0.717) is 22.7 Å². The molecular weight excluding hydrogens is 421 g/mol.